The van der Waals surface area contributed by atoms with E-state index in [1.54, 1.807) is 24.2 Å². The fraction of sp³-hybridized carbons (Fsp3) is 0. The number of rotatable bonds is 2. The number of aromatic amines is 2. The number of nitrogens with zero attached hydrogens (tertiary/aromatic N) is 2. The Kier molecular flexibility index (Phi) is 1.64. The first-order chi connectivity index (χ1) is 5.45. The summed E-state index contributed by atoms with van der Waals surface area (Å²) in [4.78, 5) is 2.18. The highest BCUT2D eigenvalue weighted by atomic mass is 32.2. The lowest BCUT2D eigenvalue weighted by atomic mass is 10.7. The van der Waals surface area contributed by atoms with Crippen molar-refractivity contribution in [1.82, 2.24) is 20.4 Å². The average Bonchev–Trinajstić information content (AvgIpc) is 2.60. The summed E-state index contributed by atoms with van der Waals surface area (Å²) < 4.78 is 0. The Labute approximate surface area is 67.4 Å². The van der Waals surface area contributed by atoms with Gasteiger partial charge < -0.3 is 0 Å². The first kappa shape index (κ1) is 6.48. The Morgan fingerprint density at radius 2 is 1.55 bits per heavy atom. The molecule has 0 radical (unpaired) electrons. The molecule has 0 aromatic carbocycles. The topological polar surface area (TPSA) is 57.4 Å². The van der Waals surface area contributed by atoms with Gasteiger partial charge in [-0.15, -0.1) is 0 Å². The molecule has 0 unspecified atom stereocenters. The number of aromatic nitrogens is 4. The molecule has 11 heavy (non-hydrogen) atoms. The van der Waals surface area contributed by atoms with Gasteiger partial charge in [0, 0.05) is 12.4 Å². The molecule has 0 amide bonds. The van der Waals surface area contributed by atoms with Crippen LogP contribution in [0.4, 0.5) is 0 Å². The van der Waals surface area contributed by atoms with Gasteiger partial charge in [0.05, 0.1) is 22.2 Å². The van der Waals surface area contributed by atoms with Gasteiger partial charge in [0.2, 0.25) is 0 Å². The second-order valence-corrected chi connectivity index (χ2v) is 3.12. The van der Waals surface area contributed by atoms with Crippen LogP contribution in [-0.2, 0) is 0 Å². The summed E-state index contributed by atoms with van der Waals surface area (Å²) in [6.45, 7) is 0. The first-order valence-electron chi connectivity index (χ1n) is 3.10. The summed E-state index contributed by atoms with van der Waals surface area (Å²) in [5, 5.41) is 13.1. The van der Waals surface area contributed by atoms with Crippen molar-refractivity contribution in [1.29, 1.82) is 0 Å². The van der Waals surface area contributed by atoms with Gasteiger partial charge >= 0.3 is 0 Å². The van der Waals surface area contributed by atoms with Crippen molar-refractivity contribution in [2.24, 2.45) is 0 Å². The fourth-order valence-electron chi connectivity index (χ4n) is 0.726. The van der Waals surface area contributed by atoms with Crippen molar-refractivity contribution in [2.45, 2.75) is 9.79 Å². The zero-order valence-corrected chi connectivity index (χ0v) is 6.43. The Morgan fingerprint density at radius 1 is 1.00 bits per heavy atom. The summed E-state index contributed by atoms with van der Waals surface area (Å²) in [5.74, 6) is 0. The van der Waals surface area contributed by atoms with Crippen LogP contribution in [0.3, 0.4) is 0 Å². The van der Waals surface area contributed by atoms with Crippen LogP contribution in [-0.4, -0.2) is 20.4 Å². The standard InChI is InChI=1S/C6H6N4S/c1-5(2-8-7-1)11-6-3-9-10-4-6/h1-4H,(H,7,8)(H,9,10). The molecule has 0 bridgehead atoms. The van der Waals surface area contributed by atoms with Gasteiger partial charge in [0.25, 0.3) is 0 Å². The van der Waals surface area contributed by atoms with E-state index in [1.165, 1.54) is 0 Å². The molecule has 2 aromatic rings. The Balaban J connectivity index is 2.14. The monoisotopic (exact) mass is 166 g/mol. The molecule has 0 aliphatic rings. The van der Waals surface area contributed by atoms with Gasteiger partial charge in [-0.2, -0.15) is 10.2 Å². The smallest absolute Gasteiger partial charge is 0.0627 e. The SMILES string of the molecule is c1n[nH]cc1Sc1cn[nH]c1. The van der Waals surface area contributed by atoms with Crippen LogP contribution >= 0.6 is 11.8 Å². The average molecular weight is 166 g/mol. The van der Waals surface area contributed by atoms with Gasteiger partial charge in [0.1, 0.15) is 0 Å². The Bertz CT molecular complexity index is 267. The quantitative estimate of drug-likeness (QED) is 0.706. The largest absolute Gasteiger partial charge is 0.285 e. The van der Waals surface area contributed by atoms with E-state index in [9.17, 15) is 0 Å². The summed E-state index contributed by atoms with van der Waals surface area (Å²) in [5.41, 5.74) is 0. The molecule has 0 saturated carbocycles. The number of hydrogen-bond donors (Lipinski definition) is 2. The molecule has 0 spiro atoms. The van der Waals surface area contributed by atoms with Crippen molar-refractivity contribution >= 4 is 11.8 Å². The van der Waals surface area contributed by atoms with E-state index in [0.717, 1.165) is 9.79 Å². The lowest BCUT2D eigenvalue weighted by Crippen LogP contribution is -1.61. The molecule has 0 atom stereocenters. The highest BCUT2D eigenvalue weighted by molar-refractivity contribution is 7.99. The molecular formula is C6H6N4S. The van der Waals surface area contributed by atoms with Crippen molar-refractivity contribution in [3.05, 3.63) is 24.8 Å². The van der Waals surface area contributed by atoms with Crippen LogP contribution in [0.2, 0.25) is 0 Å². The predicted molar refractivity (Wildman–Crippen MR) is 41.3 cm³/mol. The number of hydrogen-bond acceptors (Lipinski definition) is 3. The fourth-order valence-corrected chi connectivity index (χ4v) is 1.43. The zero-order chi connectivity index (χ0) is 7.52. The van der Waals surface area contributed by atoms with Crippen LogP contribution in [0.15, 0.2) is 34.6 Å². The van der Waals surface area contributed by atoms with E-state index >= 15 is 0 Å². The van der Waals surface area contributed by atoms with E-state index < -0.39 is 0 Å². The highest BCUT2D eigenvalue weighted by Crippen LogP contribution is 2.24. The molecular weight excluding hydrogens is 160 g/mol. The molecule has 2 heterocycles. The molecule has 0 fully saturated rings. The Hall–Kier alpha value is -1.23. The third-order valence-corrected chi connectivity index (χ3v) is 2.10. The van der Waals surface area contributed by atoms with Gasteiger partial charge in [-0.25, -0.2) is 0 Å². The van der Waals surface area contributed by atoms with Crippen LogP contribution in [0.25, 0.3) is 0 Å². The maximum Gasteiger partial charge on any atom is 0.0627 e. The molecule has 0 aliphatic heterocycles. The van der Waals surface area contributed by atoms with Crippen molar-refractivity contribution < 1.29 is 0 Å². The minimum absolute atomic E-state index is 1.09. The molecule has 4 nitrogen and oxygen atoms in total. The van der Waals surface area contributed by atoms with Crippen molar-refractivity contribution in [2.75, 3.05) is 0 Å². The van der Waals surface area contributed by atoms with E-state index in [-0.39, 0.29) is 0 Å². The van der Waals surface area contributed by atoms with Crippen LogP contribution in [0.5, 0.6) is 0 Å². The third kappa shape index (κ3) is 1.43. The van der Waals surface area contributed by atoms with Crippen LogP contribution in [0, 0.1) is 0 Å². The molecule has 56 valence electrons. The minimum Gasteiger partial charge on any atom is -0.285 e. The van der Waals surface area contributed by atoms with E-state index in [1.807, 2.05) is 12.4 Å². The number of H-pyrrole nitrogens is 2. The van der Waals surface area contributed by atoms with E-state index in [0.29, 0.717) is 0 Å². The molecule has 2 rings (SSSR count). The Morgan fingerprint density at radius 3 is 1.91 bits per heavy atom. The van der Waals surface area contributed by atoms with E-state index in [4.69, 9.17) is 0 Å². The van der Waals surface area contributed by atoms with Crippen molar-refractivity contribution in [3.8, 4) is 0 Å². The second kappa shape index (κ2) is 2.79. The van der Waals surface area contributed by atoms with Gasteiger partial charge in [-0.3, -0.25) is 10.2 Å². The predicted octanol–water partition coefficient (Wildman–Crippen LogP) is 1.28. The summed E-state index contributed by atoms with van der Waals surface area (Å²) >= 11 is 1.61. The van der Waals surface area contributed by atoms with Gasteiger partial charge in [-0.1, -0.05) is 11.8 Å². The van der Waals surface area contributed by atoms with Crippen LogP contribution in [0.1, 0.15) is 0 Å². The maximum atomic E-state index is 3.83. The maximum absolute atomic E-state index is 3.83. The summed E-state index contributed by atoms with van der Waals surface area (Å²) in [7, 11) is 0. The summed E-state index contributed by atoms with van der Waals surface area (Å²) in [6, 6.07) is 0. The molecule has 0 saturated heterocycles. The number of nitrogens with one attached hydrogen (secondary N) is 2. The van der Waals surface area contributed by atoms with E-state index in [2.05, 4.69) is 20.4 Å². The molecule has 2 N–H and O–H groups in total. The highest BCUT2D eigenvalue weighted by Gasteiger charge is 1.97. The minimum atomic E-state index is 1.09. The van der Waals surface area contributed by atoms with Crippen LogP contribution < -0.4 is 0 Å². The lowest BCUT2D eigenvalue weighted by molar-refractivity contribution is 1.09. The lowest BCUT2D eigenvalue weighted by Gasteiger charge is -1.87. The summed E-state index contributed by atoms with van der Waals surface area (Å²) in [6.07, 6.45) is 7.24. The van der Waals surface area contributed by atoms with Crippen molar-refractivity contribution in [3.63, 3.8) is 0 Å². The third-order valence-electron chi connectivity index (χ3n) is 1.18. The molecule has 2 aromatic heterocycles. The normalized spacial score (nSPS) is 10.2. The molecule has 5 heteroatoms. The second-order valence-electron chi connectivity index (χ2n) is 1.97. The van der Waals surface area contributed by atoms with Gasteiger partial charge in [-0.05, 0) is 0 Å². The zero-order valence-electron chi connectivity index (χ0n) is 5.61. The van der Waals surface area contributed by atoms with Gasteiger partial charge in [0.15, 0.2) is 0 Å². The first-order valence-corrected chi connectivity index (χ1v) is 3.92. The molecule has 0 aliphatic carbocycles.